The molecule has 0 amide bonds. The summed E-state index contributed by atoms with van der Waals surface area (Å²) in [7, 11) is 1.69. The molecule has 0 spiro atoms. The average molecular weight is 247 g/mol. The number of hydrogen-bond acceptors (Lipinski definition) is 4. The Morgan fingerprint density at radius 1 is 1.44 bits per heavy atom. The van der Waals surface area contributed by atoms with Crippen molar-refractivity contribution < 1.29 is 9.84 Å². The third-order valence-electron chi connectivity index (χ3n) is 3.00. The molecule has 0 aromatic carbocycles. The highest BCUT2D eigenvalue weighted by atomic mass is 32.2. The molecule has 0 aromatic rings. The van der Waals surface area contributed by atoms with Crippen LogP contribution in [-0.4, -0.2) is 49.5 Å². The number of aliphatic hydroxyl groups excluding tert-OH is 1. The maximum absolute atomic E-state index is 9.70. The topological polar surface area (TPSA) is 41.5 Å². The van der Waals surface area contributed by atoms with Crippen molar-refractivity contribution in [1.29, 1.82) is 0 Å². The fourth-order valence-electron chi connectivity index (χ4n) is 2.05. The summed E-state index contributed by atoms with van der Waals surface area (Å²) in [6.07, 6.45) is 5.39. The molecule has 0 bridgehead atoms. The van der Waals surface area contributed by atoms with Crippen LogP contribution in [0.1, 0.15) is 25.7 Å². The van der Waals surface area contributed by atoms with Crippen molar-refractivity contribution >= 4 is 11.8 Å². The summed E-state index contributed by atoms with van der Waals surface area (Å²) < 4.78 is 4.92. The van der Waals surface area contributed by atoms with Gasteiger partial charge < -0.3 is 15.2 Å². The second kappa shape index (κ2) is 9.28. The SMILES string of the molecule is COCCNCC(O)CSCC1CCCC1. The van der Waals surface area contributed by atoms with Crippen molar-refractivity contribution in [2.45, 2.75) is 31.8 Å². The van der Waals surface area contributed by atoms with Gasteiger partial charge in [-0.1, -0.05) is 12.8 Å². The zero-order valence-electron chi connectivity index (χ0n) is 10.3. The van der Waals surface area contributed by atoms with E-state index in [4.69, 9.17) is 4.74 Å². The summed E-state index contributed by atoms with van der Waals surface area (Å²) in [4.78, 5) is 0. The molecule has 0 aliphatic heterocycles. The summed E-state index contributed by atoms with van der Waals surface area (Å²) in [5.74, 6) is 3.00. The second-order valence-corrected chi connectivity index (χ2v) is 5.61. The van der Waals surface area contributed by atoms with Gasteiger partial charge in [0.2, 0.25) is 0 Å². The van der Waals surface area contributed by atoms with E-state index in [0.717, 1.165) is 18.2 Å². The molecule has 96 valence electrons. The molecule has 0 radical (unpaired) electrons. The first-order chi connectivity index (χ1) is 7.83. The monoisotopic (exact) mass is 247 g/mol. The standard InChI is InChI=1S/C12H25NO2S/c1-15-7-6-13-8-12(14)10-16-9-11-4-2-3-5-11/h11-14H,2-10H2,1H3. The molecular weight excluding hydrogens is 222 g/mol. The Hall–Kier alpha value is 0.230. The quantitative estimate of drug-likeness (QED) is 0.606. The van der Waals surface area contributed by atoms with Gasteiger partial charge in [-0.05, 0) is 24.5 Å². The largest absolute Gasteiger partial charge is 0.391 e. The Labute approximate surface area is 103 Å². The van der Waals surface area contributed by atoms with E-state index in [1.807, 2.05) is 11.8 Å². The average Bonchev–Trinajstić information content (AvgIpc) is 2.77. The molecule has 1 unspecified atom stereocenters. The van der Waals surface area contributed by atoms with Crippen LogP contribution in [0.3, 0.4) is 0 Å². The van der Waals surface area contributed by atoms with Crippen LogP contribution >= 0.6 is 11.8 Å². The van der Waals surface area contributed by atoms with Crippen LogP contribution in [0, 0.1) is 5.92 Å². The minimum atomic E-state index is -0.219. The molecule has 1 atom stereocenters. The Morgan fingerprint density at radius 2 is 2.19 bits per heavy atom. The Morgan fingerprint density at radius 3 is 2.88 bits per heavy atom. The Kier molecular flexibility index (Phi) is 8.29. The van der Waals surface area contributed by atoms with Crippen LogP contribution in [0.2, 0.25) is 0 Å². The van der Waals surface area contributed by atoms with E-state index in [9.17, 15) is 5.11 Å². The lowest BCUT2D eigenvalue weighted by atomic mass is 10.1. The van der Waals surface area contributed by atoms with Crippen molar-refractivity contribution in [1.82, 2.24) is 5.32 Å². The van der Waals surface area contributed by atoms with E-state index >= 15 is 0 Å². The summed E-state index contributed by atoms with van der Waals surface area (Å²) in [6, 6.07) is 0. The summed E-state index contributed by atoms with van der Waals surface area (Å²) in [5, 5.41) is 12.9. The molecule has 0 aromatic heterocycles. The van der Waals surface area contributed by atoms with E-state index in [1.165, 1.54) is 31.4 Å². The highest BCUT2D eigenvalue weighted by Gasteiger charge is 2.15. The van der Waals surface area contributed by atoms with Crippen molar-refractivity contribution in [3.63, 3.8) is 0 Å². The fraction of sp³-hybridized carbons (Fsp3) is 1.00. The molecule has 3 nitrogen and oxygen atoms in total. The van der Waals surface area contributed by atoms with Crippen molar-refractivity contribution in [3.05, 3.63) is 0 Å². The number of methoxy groups -OCH3 is 1. The summed E-state index contributed by atoms with van der Waals surface area (Å²) in [5.41, 5.74) is 0. The van der Waals surface area contributed by atoms with E-state index in [2.05, 4.69) is 5.32 Å². The van der Waals surface area contributed by atoms with Gasteiger partial charge in [-0.2, -0.15) is 11.8 Å². The lowest BCUT2D eigenvalue weighted by molar-refractivity contribution is 0.175. The highest BCUT2D eigenvalue weighted by molar-refractivity contribution is 7.99. The normalized spacial score (nSPS) is 19.1. The Bertz CT molecular complexity index is 163. The minimum absolute atomic E-state index is 0.219. The first-order valence-corrected chi connectivity index (χ1v) is 7.44. The van der Waals surface area contributed by atoms with Crippen LogP contribution in [-0.2, 0) is 4.74 Å². The molecule has 1 aliphatic carbocycles. The highest BCUT2D eigenvalue weighted by Crippen LogP contribution is 2.27. The van der Waals surface area contributed by atoms with Gasteiger partial charge in [-0.15, -0.1) is 0 Å². The van der Waals surface area contributed by atoms with Gasteiger partial charge in [0.25, 0.3) is 0 Å². The predicted octanol–water partition coefficient (Wildman–Crippen LogP) is 1.51. The molecule has 1 rings (SSSR count). The third kappa shape index (κ3) is 6.74. The number of rotatable bonds is 9. The first-order valence-electron chi connectivity index (χ1n) is 6.28. The number of nitrogens with one attached hydrogen (secondary N) is 1. The molecule has 1 saturated carbocycles. The fourth-order valence-corrected chi connectivity index (χ4v) is 3.24. The molecule has 0 saturated heterocycles. The van der Waals surface area contributed by atoms with Gasteiger partial charge in [-0.25, -0.2) is 0 Å². The zero-order valence-corrected chi connectivity index (χ0v) is 11.1. The van der Waals surface area contributed by atoms with Gasteiger partial charge in [-0.3, -0.25) is 0 Å². The number of aliphatic hydroxyl groups is 1. The molecule has 1 fully saturated rings. The number of thioether (sulfide) groups is 1. The van der Waals surface area contributed by atoms with Crippen LogP contribution in [0.5, 0.6) is 0 Å². The van der Waals surface area contributed by atoms with E-state index in [-0.39, 0.29) is 6.10 Å². The van der Waals surface area contributed by atoms with Gasteiger partial charge in [0.15, 0.2) is 0 Å². The van der Waals surface area contributed by atoms with Crippen LogP contribution in [0.4, 0.5) is 0 Å². The van der Waals surface area contributed by atoms with Gasteiger partial charge >= 0.3 is 0 Å². The van der Waals surface area contributed by atoms with Crippen LogP contribution in [0.25, 0.3) is 0 Å². The lowest BCUT2D eigenvalue weighted by Gasteiger charge is -2.13. The minimum Gasteiger partial charge on any atom is -0.391 e. The maximum Gasteiger partial charge on any atom is 0.0754 e. The van der Waals surface area contributed by atoms with Gasteiger partial charge in [0, 0.05) is 26.0 Å². The lowest BCUT2D eigenvalue weighted by Crippen LogP contribution is -2.30. The van der Waals surface area contributed by atoms with E-state index < -0.39 is 0 Å². The number of ether oxygens (including phenoxy) is 1. The Balaban J connectivity index is 1.87. The van der Waals surface area contributed by atoms with Crippen molar-refractivity contribution in [3.8, 4) is 0 Å². The van der Waals surface area contributed by atoms with Crippen LogP contribution < -0.4 is 5.32 Å². The molecule has 1 aliphatic rings. The van der Waals surface area contributed by atoms with E-state index in [1.54, 1.807) is 7.11 Å². The van der Waals surface area contributed by atoms with Crippen LogP contribution in [0.15, 0.2) is 0 Å². The van der Waals surface area contributed by atoms with Crippen molar-refractivity contribution in [2.75, 3.05) is 38.3 Å². The smallest absolute Gasteiger partial charge is 0.0754 e. The number of hydrogen-bond donors (Lipinski definition) is 2. The van der Waals surface area contributed by atoms with Gasteiger partial charge in [0.1, 0.15) is 0 Å². The maximum atomic E-state index is 9.70. The van der Waals surface area contributed by atoms with E-state index in [0.29, 0.717) is 13.2 Å². The molecular formula is C12H25NO2S. The molecule has 0 heterocycles. The molecule has 4 heteroatoms. The second-order valence-electron chi connectivity index (χ2n) is 4.54. The van der Waals surface area contributed by atoms with Gasteiger partial charge in [0.05, 0.1) is 12.7 Å². The first kappa shape index (κ1) is 14.3. The summed E-state index contributed by atoms with van der Waals surface area (Å²) in [6.45, 7) is 2.21. The predicted molar refractivity (Wildman–Crippen MR) is 70.0 cm³/mol. The van der Waals surface area contributed by atoms with Crippen molar-refractivity contribution in [2.24, 2.45) is 5.92 Å². The molecule has 2 N–H and O–H groups in total. The summed E-state index contributed by atoms with van der Waals surface area (Å²) >= 11 is 1.90. The molecule has 16 heavy (non-hydrogen) atoms. The zero-order chi connectivity index (χ0) is 11.6. The third-order valence-corrected chi connectivity index (χ3v) is 4.33.